The summed E-state index contributed by atoms with van der Waals surface area (Å²) in [4.78, 5) is 35.4. The Morgan fingerprint density at radius 2 is 1.81 bits per heavy atom. The highest BCUT2D eigenvalue weighted by molar-refractivity contribution is 6.01. The molecular weight excluding hydrogens is 334 g/mol. The van der Waals surface area contributed by atoms with Crippen molar-refractivity contribution in [3.8, 4) is 0 Å². The summed E-state index contributed by atoms with van der Waals surface area (Å²) in [6.45, 7) is 9.20. The van der Waals surface area contributed by atoms with Gasteiger partial charge in [-0.2, -0.15) is 5.10 Å². The number of nitrogens with one attached hydrogen (secondary N) is 2. The first-order chi connectivity index (χ1) is 12.2. The number of carbonyl (C=O) groups is 3. The maximum absolute atomic E-state index is 12.0. The first-order valence-electron chi connectivity index (χ1n) is 8.61. The molecule has 2 N–H and O–H groups in total. The van der Waals surface area contributed by atoms with E-state index >= 15 is 0 Å². The van der Waals surface area contributed by atoms with E-state index in [1.807, 2.05) is 32.0 Å². The third-order valence-corrected chi connectivity index (χ3v) is 3.86. The summed E-state index contributed by atoms with van der Waals surface area (Å²) in [7, 11) is 0. The predicted octanol–water partition coefficient (Wildman–Crippen LogP) is 2.71. The van der Waals surface area contributed by atoms with Gasteiger partial charge in [-0.15, -0.1) is 0 Å². The number of hydrogen-bond acceptors (Lipinski definition) is 5. The van der Waals surface area contributed by atoms with E-state index in [0.29, 0.717) is 12.3 Å². The van der Waals surface area contributed by atoms with Crippen molar-refractivity contribution in [1.82, 2.24) is 5.43 Å². The second kappa shape index (κ2) is 10.3. The van der Waals surface area contributed by atoms with Gasteiger partial charge in [-0.3, -0.25) is 14.4 Å². The van der Waals surface area contributed by atoms with Gasteiger partial charge in [0.05, 0.1) is 12.5 Å². The standard InChI is InChI=1S/C19H27N3O4/c1-6-26-19(25)14(4)15(5)21-22-18(24)10-9-17(23)20-16-8-7-12(2)11-13(16)3/h7-8,11,14H,6,9-10H2,1-5H3,(H,20,23)(H,22,24)/b21-15+/t14-/m0/s1. The molecule has 1 rings (SSSR count). The van der Waals surface area contributed by atoms with Crippen LogP contribution in [-0.4, -0.2) is 30.1 Å². The molecule has 0 spiro atoms. The van der Waals surface area contributed by atoms with Crippen molar-refractivity contribution in [2.45, 2.75) is 47.5 Å². The number of aryl methyl sites for hydroxylation is 2. The highest BCUT2D eigenvalue weighted by Gasteiger charge is 2.17. The molecule has 0 saturated heterocycles. The molecule has 0 radical (unpaired) electrons. The summed E-state index contributed by atoms with van der Waals surface area (Å²) < 4.78 is 4.90. The van der Waals surface area contributed by atoms with Gasteiger partial charge in [0.1, 0.15) is 0 Å². The number of amides is 2. The van der Waals surface area contributed by atoms with Crippen LogP contribution < -0.4 is 10.7 Å². The third-order valence-electron chi connectivity index (χ3n) is 3.86. The number of hydrazone groups is 1. The zero-order valence-corrected chi connectivity index (χ0v) is 16.0. The van der Waals surface area contributed by atoms with E-state index in [2.05, 4.69) is 15.8 Å². The Labute approximate surface area is 154 Å². The molecule has 0 aromatic heterocycles. The minimum absolute atomic E-state index is 0.00130. The van der Waals surface area contributed by atoms with Crippen LogP contribution in [0.15, 0.2) is 23.3 Å². The van der Waals surface area contributed by atoms with Gasteiger partial charge in [0.25, 0.3) is 0 Å². The van der Waals surface area contributed by atoms with Gasteiger partial charge in [-0.05, 0) is 46.2 Å². The van der Waals surface area contributed by atoms with Crippen LogP contribution in [0.4, 0.5) is 5.69 Å². The fourth-order valence-corrected chi connectivity index (χ4v) is 2.13. The molecule has 0 bridgehead atoms. The van der Waals surface area contributed by atoms with Gasteiger partial charge in [0, 0.05) is 24.2 Å². The van der Waals surface area contributed by atoms with E-state index in [9.17, 15) is 14.4 Å². The molecule has 1 aromatic carbocycles. The number of benzene rings is 1. The quantitative estimate of drug-likeness (QED) is 0.423. The topological polar surface area (TPSA) is 96.9 Å². The lowest BCUT2D eigenvalue weighted by Gasteiger charge is -2.10. The lowest BCUT2D eigenvalue weighted by Crippen LogP contribution is -2.26. The summed E-state index contributed by atoms with van der Waals surface area (Å²) in [6.07, 6.45) is 0.0441. The highest BCUT2D eigenvalue weighted by atomic mass is 16.5. The smallest absolute Gasteiger partial charge is 0.314 e. The predicted molar refractivity (Wildman–Crippen MR) is 101 cm³/mol. The van der Waals surface area contributed by atoms with Crippen molar-refractivity contribution in [3.05, 3.63) is 29.3 Å². The SMILES string of the molecule is CCOC(=O)[C@@H](C)/C(C)=N/NC(=O)CCC(=O)Nc1ccc(C)cc1C. The largest absolute Gasteiger partial charge is 0.465 e. The van der Waals surface area contributed by atoms with E-state index in [4.69, 9.17) is 4.74 Å². The molecule has 26 heavy (non-hydrogen) atoms. The van der Waals surface area contributed by atoms with Gasteiger partial charge in [0.2, 0.25) is 11.8 Å². The van der Waals surface area contributed by atoms with Crippen molar-refractivity contribution in [2.75, 3.05) is 11.9 Å². The molecule has 0 saturated carbocycles. The van der Waals surface area contributed by atoms with E-state index < -0.39 is 17.8 Å². The molecular formula is C19H27N3O4. The van der Waals surface area contributed by atoms with Gasteiger partial charge in [-0.1, -0.05) is 17.7 Å². The molecule has 1 atom stereocenters. The summed E-state index contributed by atoms with van der Waals surface area (Å²) in [5.41, 5.74) is 5.62. The Morgan fingerprint density at radius 1 is 1.15 bits per heavy atom. The zero-order valence-electron chi connectivity index (χ0n) is 16.0. The average molecular weight is 361 g/mol. The molecule has 1 aromatic rings. The fraction of sp³-hybridized carbons (Fsp3) is 0.474. The number of nitrogens with zero attached hydrogens (tertiary/aromatic N) is 1. The van der Waals surface area contributed by atoms with Crippen molar-refractivity contribution < 1.29 is 19.1 Å². The second-order valence-electron chi connectivity index (χ2n) is 6.13. The second-order valence-corrected chi connectivity index (χ2v) is 6.13. The van der Waals surface area contributed by atoms with Crippen molar-refractivity contribution in [3.63, 3.8) is 0 Å². The van der Waals surface area contributed by atoms with Gasteiger partial charge in [-0.25, -0.2) is 5.43 Å². The van der Waals surface area contributed by atoms with Crippen LogP contribution in [0.3, 0.4) is 0 Å². The number of hydrogen-bond donors (Lipinski definition) is 2. The first kappa shape index (κ1) is 21.3. The van der Waals surface area contributed by atoms with Crippen LogP contribution in [0.2, 0.25) is 0 Å². The Bertz CT molecular complexity index is 698. The van der Waals surface area contributed by atoms with Gasteiger partial charge >= 0.3 is 5.97 Å². The zero-order chi connectivity index (χ0) is 19.7. The van der Waals surface area contributed by atoms with Crippen LogP contribution in [0.5, 0.6) is 0 Å². The van der Waals surface area contributed by atoms with E-state index in [-0.39, 0.29) is 18.7 Å². The number of anilines is 1. The maximum Gasteiger partial charge on any atom is 0.314 e. The van der Waals surface area contributed by atoms with Crippen molar-refractivity contribution in [2.24, 2.45) is 11.0 Å². The van der Waals surface area contributed by atoms with Crippen LogP contribution in [0, 0.1) is 19.8 Å². The fourth-order valence-electron chi connectivity index (χ4n) is 2.13. The van der Waals surface area contributed by atoms with Gasteiger partial charge in [0.15, 0.2) is 0 Å². The normalized spacial score (nSPS) is 12.3. The molecule has 0 aliphatic carbocycles. The Balaban J connectivity index is 2.44. The Kier molecular flexibility index (Phi) is 8.48. The summed E-state index contributed by atoms with van der Waals surface area (Å²) >= 11 is 0. The summed E-state index contributed by atoms with van der Waals surface area (Å²) in [5, 5.41) is 6.69. The van der Waals surface area contributed by atoms with Crippen LogP contribution in [0.1, 0.15) is 44.7 Å². The molecule has 142 valence electrons. The lowest BCUT2D eigenvalue weighted by molar-refractivity contribution is -0.145. The Morgan fingerprint density at radius 3 is 2.42 bits per heavy atom. The van der Waals surface area contributed by atoms with Crippen LogP contribution in [-0.2, 0) is 19.1 Å². The van der Waals surface area contributed by atoms with Crippen LogP contribution in [0.25, 0.3) is 0 Å². The average Bonchev–Trinajstić information content (AvgIpc) is 2.59. The van der Waals surface area contributed by atoms with E-state index in [1.165, 1.54) is 0 Å². The Hall–Kier alpha value is -2.70. The maximum atomic E-state index is 12.0. The first-order valence-corrected chi connectivity index (χ1v) is 8.61. The number of esters is 1. The third kappa shape index (κ3) is 7.04. The molecule has 7 nitrogen and oxygen atoms in total. The molecule has 0 fully saturated rings. The number of carbonyl (C=O) groups excluding carboxylic acids is 3. The minimum atomic E-state index is -0.539. The molecule has 0 aliphatic heterocycles. The summed E-state index contributed by atoms with van der Waals surface area (Å²) in [5.74, 6) is -1.57. The van der Waals surface area contributed by atoms with Crippen LogP contribution >= 0.6 is 0 Å². The molecule has 0 heterocycles. The van der Waals surface area contributed by atoms with E-state index in [1.54, 1.807) is 20.8 Å². The van der Waals surface area contributed by atoms with Gasteiger partial charge < -0.3 is 10.1 Å². The highest BCUT2D eigenvalue weighted by Crippen LogP contribution is 2.16. The summed E-state index contributed by atoms with van der Waals surface area (Å²) in [6, 6.07) is 5.73. The minimum Gasteiger partial charge on any atom is -0.465 e. The van der Waals surface area contributed by atoms with Crippen molar-refractivity contribution >= 4 is 29.2 Å². The molecule has 0 aliphatic rings. The van der Waals surface area contributed by atoms with E-state index in [0.717, 1.165) is 16.8 Å². The molecule has 0 unspecified atom stereocenters. The monoisotopic (exact) mass is 361 g/mol. The number of ether oxygens (including phenoxy) is 1. The van der Waals surface area contributed by atoms with Crippen molar-refractivity contribution in [1.29, 1.82) is 0 Å². The number of rotatable bonds is 8. The lowest BCUT2D eigenvalue weighted by atomic mass is 10.1. The molecule has 2 amide bonds. The molecule has 7 heteroatoms.